The first-order valence-electron chi connectivity index (χ1n) is 7.43. The summed E-state index contributed by atoms with van der Waals surface area (Å²) in [5.41, 5.74) is 0.325. The van der Waals surface area contributed by atoms with Crippen molar-refractivity contribution >= 4 is 34.9 Å². The molecule has 24 heavy (non-hydrogen) atoms. The molecule has 0 radical (unpaired) electrons. The quantitative estimate of drug-likeness (QED) is 0.358. The third-order valence-corrected chi connectivity index (χ3v) is 4.20. The van der Waals surface area contributed by atoms with Crippen molar-refractivity contribution in [2.75, 3.05) is 43.2 Å². The van der Waals surface area contributed by atoms with Crippen LogP contribution in [0.15, 0.2) is 29.4 Å². The Hall–Kier alpha value is -2.32. The predicted octanol–water partition coefficient (Wildman–Crippen LogP) is 2.37. The molecule has 0 amide bonds. The second-order valence-corrected chi connectivity index (χ2v) is 5.62. The number of hydrogen-bond acceptors (Lipinski definition) is 7. The monoisotopic (exact) mass is 352 g/mol. The number of nitro groups is 1. The number of rotatable bonds is 4. The highest BCUT2D eigenvalue weighted by atomic mass is 35.5. The minimum atomic E-state index is -0.683. The van der Waals surface area contributed by atoms with Gasteiger partial charge in [0, 0.05) is 37.6 Å². The normalized spacial score (nSPS) is 20.3. The second kappa shape index (κ2) is 7.06. The molecular formula is C15H17ClN4O4. The van der Waals surface area contributed by atoms with E-state index in [-0.39, 0.29) is 5.69 Å². The molecule has 1 aromatic carbocycles. The number of anilines is 2. The van der Waals surface area contributed by atoms with Crippen LogP contribution in [0.3, 0.4) is 0 Å². The van der Waals surface area contributed by atoms with Gasteiger partial charge in [0.05, 0.1) is 30.9 Å². The van der Waals surface area contributed by atoms with Crippen molar-refractivity contribution in [3.63, 3.8) is 0 Å². The summed E-state index contributed by atoms with van der Waals surface area (Å²) in [4.78, 5) is 18.8. The van der Waals surface area contributed by atoms with Crippen molar-refractivity contribution < 1.29 is 14.4 Å². The van der Waals surface area contributed by atoms with Crippen LogP contribution in [0.2, 0.25) is 0 Å². The molecule has 0 bridgehead atoms. The standard InChI is InChI=1S/C15H17ClN4O4/c1-23-14-10-11(18-5-7-24-8-6-18)12(20(21)22)9-13(14)19-4-2-3-17-15(19)16/h2-4,9-10,15H,5-8H2,1H3. The summed E-state index contributed by atoms with van der Waals surface area (Å²) >= 11 is 6.19. The molecule has 0 aliphatic carbocycles. The van der Waals surface area contributed by atoms with Gasteiger partial charge in [-0.15, -0.1) is 0 Å². The number of allylic oxidation sites excluding steroid dienone is 1. The van der Waals surface area contributed by atoms with Gasteiger partial charge in [0.15, 0.2) is 0 Å². The highest BCUT2D eigenvalue weighted by Crippen LogP contribution is 2.41. The van der Waals surface area contributed by atoms with E-state index in [4.69, 9.17) is 21.1 Å². The summed E-state index contributed by atoms with van der Waals surface area (Å²) in [5, 5.41) is 11.6. The summed E-state index contributed by atoms with van der Waals surface area (Å²) < 4.78 is 10.8. The fourth-order valence-corrected chi connectivity index (χ4v) is 2.94. The maximum atomic E-state index is 11.6. The number of methoxy groups -OCH3 is 1. The molecule has 9 heteroatoms. The van der Waals surface area contributed by atoms with Crippen LogP contribution in [0.5, 0.6) is 5.75 Å². The Morgan fingerprint density at radius 3 is 2.75 bits per heavy atom. The lowest BCUT2D eigenvalue weighted by Crippen LogP contribution is -2.36. The third kappa shape index (κ3) is 3.15. The first-order chi connectivity index (χ1) is 11.6. The van der Waals surface area contributed by atoms with Gasteiger partial charge >= 0.3 is 0 Å². The van der Waals surface area contributed by atoms with Gasteiger partial charge in [-0.25, -0.2) is 0 Å². The van der Waals surface area contributed by atoms with E-state index in [1.807, 2.05) is 4.90 Å². The lowest BCUT2D eigenvalue weighted by atomic mass is 10.1. The fraction of sp³-hybridized carbons (Fsp3) is 0.400. The smallest absolute Gasteiger partial charge is 0.294 e. The minimum absolute atomic E-state index is 0.000445. The largest absolute Gasteiger partial charge is 0.494 e. The highest BCUT2D eigenvalue weighted by molar-refractivity contribution is 6.22. The van der Waals surface area contributed by atoms with E-state index in [1.165, 1.54) is 13.2 Å². The Labute approximate surface area is 144 Å². The highest BCUT2D eigenvalue weighted by Gasteiger charge is 2.28. The first kappa shape index (κ1) is 16.5. The van der Waals surface area contributed by atoms with E-state index in [1.54, 1.807) is 29.5 Å². The van der Waals surface area contributed by atoms with Gasteiger partial charge in [-0.05, 0) is 6.08 Å². The van der Waals surface area contributed by atoms with Gasteiger partial charge in [0.25, 0.3) is 5.69 Å². The van der Waals surface area contributed by atoms with Crippen LogP contribution >= 0.6 is 11.6 Å². The number of nitrogens with zero attached hydrogens (tertiary/aromatic N) is 4. The van der Waals surface area contributed by atoms with E-state index < -0.39 is 10.5 Å². The van der Waals surface area contributed by atoms with Crippen molar-refractivity contribution in [1.82, 2.24) is 0 Å². The number of aliphatic imine (C=N–C) groups is 1. The average Bonchev–Trinajstić information content (AvgIpc) is 2.61. The zero-order chi connectivity index (χ0) is 17.1. The topological polar surface area (TPSA) is 80.4 Å². The Balaban J connectivity index is 2.07. The van der Waals surface area contributed by atoms with E-state index in [0.717, 1.165) is 0 Å². The molecule has 1 unspecified atom stereocenters. The summed E-state index contributed by atoms with van der Waals surface area (Å²) in [6.45, 7) is 2.26. The fourth-order valence-electron chi connectivity index (χ4n) is 2.71. The van der Waals surface area contributed by atoms with Gasteiger partial charge in [0.1, 0.15) is 11.4 Å². The van der Waals surface area contributed by atoms with Crippen LogP contribution in [0.1, 0.15) is 0 Å². The number of alkyl halides is 1. The maximum absolute atomic E-state index is 11.6. The zero-order valence-corrected chi connectivity index (χ0v) is 13.8. The molecule has 1 saturated heterocycles. The molecule has 2 aliphatic heterocycles. The number of halogens is 1. The minimum Gasteiger partial charge on any atom is -0.494 e. The lowest BCUT2D eigenvalue weighted by Gasteiger charge is -2.31. The number of benzene rings is 1. The molecular weight excluding hydrogens is 336 g/mol. The van der Waals surface area contributed by atoms with Crippen LogP contribution in [0.25, 0.3) is 0 Å². The molecule has 1 aromatic rings. The van der Waals surface area contributed by atoms with E-state index in [2.05, 4.69) is 4.99 Å². The third-order valence-electron chi connectivity index (χ3n) is 3.87. The summed E-state index contributed by atoms with van der Waals surface area (Å²) in [7, 11) is 1.52. The molecule has 0 spiro atoms. The van der Waals surface area contributed by atoms with E-state index in [0.29, 0.717) is 43.4 Å². The predicted molar refractivity (Wildman–Crippen MR) is 92.4 cm³/mol. The molecule has 1 atom stereocenters. The van der Waals surface area contributed by atoms with Gasteiger partial charge in [0.2, 0.25) is 5.62 Å². The van der Waals surface area contributed by atoms with Gasteiger partial charge < -0.3 is 19.3 Å². The lowest BCUT2D eigenvalue weighted by molar-refractivity contribution is -0.384. The SMILES string of the molecule is COc1cc(N2CCOCC2)c([N+](=O)[O-])cc1N1C=CC=NC1Cl. The van der Waals surface area contributed by atoms with E-state index >= 15 is 0 Å². The number of morpholine rings is 1. The van der Waals surface area contributed by atoms with Crippen LogP contribution in [0, 0.1) is 10.1 Å². The molecule has 1 fully saturated rings. The molecule has 128 valence electrons. The van der Waals surface area contributed by atoms with Crippen molar-refractivity contribution in [3.05, 3.63) is 34.5 Å². The molecule has 3 rings (SSSR count). The molecule has 0 aromatic heterocycles. The van der Waals surface area contributed by atoms with Gasteiger partial charge in [-0.1, -0.05) is 11.6 Å². The average molecular weight is 353 g/mol. The zero-order valence-electron chi connectivity index (χ0n) is 13.1. The number of ether oxygens (including phenoxy) is 2. The Kier molecular flexibility index (Phi) is 4.86. The van der Waals surface area contributed by atoms with Crippen molar-refractivity contribution in [1.29, 1.82) is 0 Å². The molecule has 2 aliphatic rings. The van der Waals surface area contributed by atoms with Crippen molar-refractivity contribution in [2.24, 2.45) is 4.99 Å². The number of hydrogen-bond donors (Lipinski definition) is 0. The molecule has 2 heterocycles. The molecule has 8 nitrogen and oxygen atoms in total. The van der Waals surface area contributed by atoms with Crippen LogP contribution in [0.4, 0.5) is 17.1 Å². The summed E-state index contributed by atoms with van der Waals surface area (Å²) in [6, 6.07) is 3.15. The molecule has 0 N–H and O–H groups in total. The first-order valence-corrected chi connectivity index (χ1v) is 7.87. The second-order valence-electron chi connectivity index (χ2n) is 5.23. The Bertz CT molecular complexity index is 688. The summed E-state index contributed by atoms with van der Waals surface area (Å²) in [5.74, 6) is 0.495. The summed E-state index contributed by atoms with van der Waals surface area (Å²) in [6.07, 6.45) is 5.00. The maximum Gasteiger partial charge on any atom is 0.294 e. The van der Waals surface area contributed by atoms with Crippen LogP contribution in [-0.2, 0) is 4.74 Å². The van der Waals surface area contributed by atoms with Gasteiger partial charge in [-0.2, -0.15) is 0 Å². The van der Waals surface area contributed by atoms with E-state index in [9.17, 15) is 10.1 Å². The van der Waals surface area contributed by atoms with Crippen LogP contribution < -0.4 is 14.5 Å². The molecule has 0 saturated carbocycles. The Morgan fingerprint density at radius 2 is 2.12 bits per heavy atom. The van der Waals surface area contributed by atoms with Crippen LogP contribution in [-0.4, -0.2) is 50.2 Å². The van der Waals surface area contributed by atoms with Crippen molar-refractivity contribution in [3.8, 4) is 5.75 Å². The number of nitro benzene ring substituents is 1. The van der Waals surface area contributed by atoms with Gasteiger partial charge in [-0.3, -0.25) is 15.1 Å². The van der Waals surface area contributed by atoms with Crippen molar-refractivity contribution in [2.45, 2.75) is 5.62 Å². The Morgan fingerprint density at radius 1 is 1.38 bits per heavy atom.